The summed E-state index contributed by atoms with van der Waals surface area (Å²) in [6, 6.07) is 20.9. The van der Waals surface area contributed by atoms with Gasteiger partial charge in [-0.15, -0.1) is 0 Å². The summed E-state index contributed by atoms with van der Waals surface area (Å²) in [5, 5.41) is 0. The number of carbonyl (C=O) groups excluding carboxylic acids is 2. The lowest BCUT2D eigenvalue weighted by Crippen LogP contribution is -2.60. The number of aromatic nitrogens is 2. The van der Waals surface area contributed by atoms with Crippen molar-refractivity contribution in [2.45, 2.75) is 130 Å². The lowest BCUT2D eigenvalue weighted by Gasteiger charge is -2.41. The zero-order chi connectivity index (χ0) is 48.8. The van der Waals surface area contributed by atoms with Gasteiger partial charge in [-0.3, -0.25) is 28.6 Å². The maximum Gasteiger partial charge on any atom is 0.659 e. The first-order valence-electron chi connectivity index (χ1n) is 22.1. The van der Waals surface area contributed by atoms with Crippen LogP contribution in [-0.2, 0) is 59.6 Å². The topological polar surface area (TPSA) is 194 Å². The van der Waals surface area contributed by atoms with Crippen LogP contribution < -0.4 is 11.2 Å². The Morgan fingerprint density at radius 1 is 0.758 bits per heavy atom. The van der Waals surface area contributed by atoms with Gasteiger partial charge in [0.2, 0.25) is 0 Å². The molecule has 2 unspecified atom stereocenters. The molecule has 1 aliphatic heterocycles. The molecule has 2 heterocycles. The van der Waals surface area contributed by atoms with E-state index in [1.807, 2.05) is 107 Å². The predicted octanol–water partition coefficient (Wildman–Crippen LogP) is 6.67. The number of ether oxygens (including phenoxy) is 6. The van der Waals surface area contributed by atoms with E-state index in [2.05, 4.69) is 37.3 Å². The number of hydrogen-bond donors (Lipinski definition) is 1. The van der Waals surface area contributed by atoms with E-state index in [1.165, 1.54) is 30.7 Å². The van der Waals surface area contributed by atoms with Gasteiger partial charge in [-0.05, 0) is 84.8 Å². The normalized spacial score (nSPS) is 18.8. The van der Waals surface area contributed by atoms with Gasteiger partial charge >= 0.3 is 26.7 Å². The second kappa shape index (κ2) is 25.4. The van der Waals surface area contributed by atoms with Gasteiger partial charge in [0.05, 0.1) is 19.8 Å². The molecule has 1 N–H and O–H groups in total. The molecule has 0 spiro atoms. The van der Waals surface area contributed by atoms with Crippen LogP contribution in [0.3, 0.4) is 0 Å². The van der Waals surface area contributed by atoms with Gasteiger partial charge in [-0.1, -0.05) is 60.7 Å². The van der Waals surface area contributed by atoms with Crippen molar-refractivity contribution < 1.29 is 59.6 Å². The third-order valence-electron chi connectivity index (χ3n) is 9.38. The van der Waals surface area contributed by atoms with Crippen molar-refractivity contribution in [2.24, 2.45) is 0 Å². The first-order valence-corrected chi connectivity index (χ1v) is 32.2. The number of aromatic amines is 1. The molecule has 1 fully saturated rings. The Labute approximate surface area is 393 Å². The van der Waals surface area contributed by atoms with Crippen LogP contribution in [0.15, 0.2) is 82.5 Å². The molecule has 1 saturated heterocycles. The van der Waals surface area contributed by atoms with Crippen LogP contribution in [0.5, 0.6) is 0 Å². The van der Waals surface area contributed by atoms with E-state index in [4.69, 9.17) is 50.0 Å². The fraction of sp³-hybridized carbons (Fsp3) is 0.591. The zero-order valence-electron chi connectivity index (χ0n) is 40.5. The fourth-order valence-corrected chi connectivity index (χ4v) is 17.6. The van der Waals surface area contributed by atoms with Crippen LogP contribution in [0.1, 0.15) is 65.0 Å². The monoisotopic (exact) mass is 995 g/mol. The number of nitrogens with one attached hydrogen (secondary N) is 1. The molecular formula is C44H70N3O15PSi3. The Kier molecular flexibility index (Phi) is 21.3. The van der Waals surface area contributed by atoms with Gasteiger partial charge in [0.25, 0.3) is 12.0 Å². The Morgan fingerprint density at radius 3 is 1.70 bits per heavy atom. The smallest absolute Gasteiger partial charge is 0.463 e. The SMILES string of the molecule is CC(=O)OCCOC(OCCOC(C)=O)O[C@H]1C(OP(C)N(C(C)C)C(C)C)[C@@H](CO[Si](OC(c2ccccc2)c2ccccc2)(O[Si](C)(C)C)O[Si](C)(C)C)O[C@H]1n1ccc(=O)[nH]c1=O. The molecule has 18 nitrogen and oxygen atoms in total. The highest BCUT2D eigenvalue weighted by Gasteiger charge is 2.57. The highest BCUT2D eigenvalue weighted by Crippen LogP contribution is 2.47. The minimum Gasteiger partial charge on any atom is -0.463 e. The molecular weight excluding hydrogens is 926 g/mol. The lowest BCUT2D eigenvalue weighted by atomic mass is 10.0. The second-order valence-corrected chi connectivity index (χ2v) is 31.3. The van der Waals surface area contributed by atoms with Crippen LogP contribution >= 0.6 is 8.30 Å². The van der Waals surface area contributed by atoms with Crippen molar-refractivity contribution in [3.05, 3.63) is 105 Å². The van der Waals surface area contributed by atoms with Crippen molar-refractivity contribution in [1.82, 2.24) is 14.2 Å². The summed E-state index contributed by atoms with van der Waals surface area (Å²) in [4.78, 5) is 51.6. The van der Waals surface area contributed by atoms with E-state index >= 15 is 0 Å². The molecule has 0 bridgehead atoms. The van der Waals surface area contributed by atoms with Crippen LogP contribution in [0.25, 0.3) is 0 Å². The van der Waals surface area contributed by atoms with E-state index in [-0.39, 0.29) is 45.1 Å². The highest BCUT2D eigenvalue weighted by molar-refractivity contribution is 7.49. The average molecular weight is 996 g/mol. The molecule has 368 valence electrons. The fourth-order valence-electron chi connectivity index (χ4n) is 7.18. The third-order valence-corrected chi connectivity index (χ3v) is 19.4. The van der Waals surface area contributed by atoms with Crippen LogP contribution in [-0.4, -0.2) is 128 Å². The number of rotatable bonds is 27. The molecule has 0 saturated carbocycles. The molecule has 22 heteroatoms. The van der Waals surface area contributed by atoms with E-state index in [0.717, 1.165) is 11.1 Å². The number of benzene rings is 2. The summed E-state index contributed by atoms with van der Waals surface area (Å²) >= 11 is 0. The van der Waals surface area contributed by atoms with Gasteiger partial charge in [0, 0.05) is 38.2 Å². The van der Waals surface area contributed by atoms with Gasteiger partial charge in [0.1, 0.15) is 45.9 Å². The van der Waals surface area contributed by atoms with Crippen LogP contribution in [0.4, 0.5) is 0 Å². The Bertz CT molecular complexity index is 1990. The molecule has 3 aromatic rings. The Balaban J connectivity index is 1.88. The molecule has 1 aliphatic rings. The molecule has 0 aliphatic carbocycles. The number of carbonyl (C=O) groups is 2. The largest absolute Gasteiger partial charge is 0.659 e. The van der Waals surface area contributed by atoms with Gasteiger partial charge < -0.3 is 50.0 Å². The lowest BCUT2D eigenvalue weighted by molar-refractivity contribution is -0.320. The third kappa shape index (κ3) is 17.7. The Morgan fingerprint density at radius 2 is 1.26 bits per heavy atom. The molecule has 0 radical (unpaired) electrons. The van der Waals surface area contributed by atoms with Gasteiger partial charge in [0.15, 0.2) is 22.9 Å². The summed E-state index contributed by atoms with van der Waals surface area (Å²) in [6.45, 7) is 22.7. The summed E-state index contributed by atoms with van der Waals surface area (Å²) < 4.78 is 74.4. The average Bonchev–Trinajstić information content (AvgIpc) is 3.53. The molecule has 5 atom stereocenters. The molecule has 1 aromatic heterocycles. The molecule has 4 rings (SSSR count). The predicted molar refractivity (Wildman–Crippen MR) is 255 cm³/mol. The summed E-state index contributed by atoms with van der Waals surface area (Å²) in [6.07, 6.45) is -3.85. The maximum atomic E-state index is 13.6. The van der Waals surface area contributed by atoms with E-state index < -0.39 is 94.3 Å². The minimum absolute atomic E-state index is 0.0636. The van der Waals surface area contributed by atoms with E-state index in [1.54, 1.807) is 0 Å². The standard InChI is InChI=1S/C44H70N3O15PSi3/c1-31(2)47(32(3)4)63(7)59-40-37(30-56-66(61-64(8,9)10,62-65(11,12)13)60-39(35-20-16-14-17-21-35)36-22-18-15-19-23-36)57-42(46-25-24-38(50)45-43(46)51)41(40)58-44(54-28-26-52-33(5)48)55-29-27-53-34(6)49/h14-25,31-32,37,39-42,44H,26-30H2,1-13H3,(H,45,50,51)/t37-,40?,41+,42-,63?/m1/s1. The van der Waals surface area contributed by atoms with E-state index in [0.29, 0.717) is 0 Å². The van der Waals surface area contributed by atoms with Gasteiger partial charge in [-0.2, -0.15) is 0 Å². The quantitative estimate of drug-likeness (QED) is 0.0280. The maximum absolute atomic E-state index is 13.6. The summed E-state index contributed by atoms with van der Waals surface area (Å²) in [5.74, 6) is -1.03. The summed E-state index contributed by atoms with van der Waals surface area (Å²) in [5.41, 5.74) is 0.325. The molecule has 66 heavy (non-hydrogen) atoms. The number of H-pyrrole nitrogens is 1. The minimum atomic E-state index is -4.23. The first kappa shape index (κ1) is 55.3. The Hall–Kier alpha value is -3.26. The van der Waals surface area contributed by atoms with Crippen LogP contribution in [0, 0.1) is 0 Å². The van der Waals surface area contributed by atoms with E-state index in [9.17, 15) is 19.2 Å². The van der Waals surface area contributed by atoms with Crippen molar-refractivity contribution in [3.63, 3.8) is 0 Å². The molecule has 2 aromatic carbocycles. The van der Waals surface area contributed by atoms with Gasteiger partial charge in [-0.25, -0.2) is 4.79 Å². The van der Waals surface area contributed by atoms with Crippen molar-refractivity contribution in [1.29, 1.82) is 0 Å². The van der Waals surface area contributed by atoms with Crippen LogP contribution in [0.2, 0.25) is 39.3 Å². The number of nitrogens with zero attached hydrogens (tertiary/aromatic N) is 2. The van der Waals surface area contributed by atoms with Crippen molar-refractivity contribution in [3.8, 4) is 0 Å². The summed E-state index contributed by atoms with van der Waals surface area (Å²) in [7, 11) is -10.7. The van der Waals surface area contributed by atoms with Crippen molar-refractivity contribution in [2.75, 3.05) is 39.7 Å². The van der Waals surface area contributed by atoms with Crippen molar-refractivity contribution >= 4 is 45.9 Å². The number of hydrogen-bond acceptors (Lipinski definition) is 16. The highest BCUT2D eigenvalue weighted by atomic mass is 31.2. The second-order valence-electron chi connectivity index (χ2n) is 18.1. The zero-order valence-corrected chi connectivity index (χ0v) is 44.4. The molecule has 0 amide bonds. The first-order chi connectivity index (χ1) is 31.0. The number of esters is 2.